The molecule has 0 bridgehead atoms. The molecule has 0 saturated carbocycles. The molecule has 0 amide bonds. The van der Waals surface area contributed by atoms with Crippen molar-refractivity contribution in [3.05, 3.63) is 0 Å². The summed E-state index contributed by atoms with van der Waals surface area (Å²) in [6.07, 6.45) is 2.61. The summed E-state index contributed by atoms with van der Waals surface area (Å²) in [6, 6.07) is 0. The predicted molar refractivity (Wildman–Crippen MR) is 61.2 cm³/mol. The minimum Gasteiger partial charge on any atom is -0.330 e. The van der Waals surface area contributed by atoms with E-state index >= 15 is 0 Å². The van der Waals surface area contributed by atoms with Crippen LogP contribution < -0.4 is 5.73 Å². The predicted octanol–water partition coefficient (Wildman–Crippen LogP) is 1.41. The summed E-state index contributed by atoms with van der Waals surface area (Å²) in [5, 5.41) is 0. The van der Waals surface area contributed by atoms with Crippen LogP contribution in [0.4, 0.5) is 0 Å². The summed E-state index contributed by atoms with van der Waals surface area (Å²) in [4.78, 5) is 2.58. The topological polar surface area (TPSA) is 29.3 Å². The first-order chi connectivity index (χ1) is 6.33. The Balaban J connectivity index is 1.98. The summed E-state index contributed by atoms with van der Waals surface area (Å²) < 4.78 is 0. The number of thioether (sulfide) groups is 1. The van der Waals surface area contributed by atoms with Gasteiger partial charge in [-0.05, 0) is 31.8 Å². The highest BCUT2D eigenvalue weighted by molar-refractivity contribution is 7.99. The molecule has 1 rings (SSSR count). The molecule has 0 aromatic rings. The van der Waals surface area contributed by atoms with Crippen LogP contribution in [-0.2, 0) is 0 Å². The second kappa shape index (κ2) is 6.68. The molecule has 1 atom stereocenters. The van der Waals surface area contributed by atoms with E-state index in [0.717, 1.165) is 6.54 Å². The smallest absolute Gasteiger partial charge is 0.00727 e. The molecule has 1 aliphatic heterocycles. The van der Waals surface area contributed by atoms with E-state index in [1.54, 1.807) is 0 Å². The van der Waals surface area contributed by atoms with E-state index < -0.39 is 0 Å². The van der Waals surface area contributed by atoms with Crippen molar-refractivity contribution in [3.63, 3.8) is 0 Å². The lowest BCUT2D eigenvalue weighted by molar-refractivity contribution is 0.288. The lowest BCUT2D eigenvalue weighted by Crippen LogP contribution is -2.33. The quantitative estimate of drug-likeness (QED) is 0.731. The first kappa shape index (κ1) is 11.3. The Morgan fingerprint density at radius 1 is 1.38 bits per heavy atom. The summed E-state index contributed by atoms with van der Waals surface area (Å²) in [5.74, 6) is 3.36. The third kappa shape index (κ3) is 4.89. The van der Waals surface area contributed by atoms with Crippen LogP contribution in [0, 0.1) is 5.92 Å². The minimum absolute atomic E-state index is 0.708. The number of hydrogen-bond donors (Lipinski definition) is 1. The molecule has 1 fully saturated rings. The summed E-state index contributed by atoms with van der Waals surface area (Å²) in [6.45, 7) is 6.95. The number of hydrogen-bond acceptors (Lipinski definition) is 3. The van der Waals surface area contributed by atoms with Crippen LogP contribution in [0.3, 0.4) is 0 Å². The van der Waals surface area contributed by atoms with Gasteiger partial charge in [0.2, 0.25) is 0 Å². The highest BCUT2D eigenvalue weighted by Crippen LogP contribution is 2.11. The van der Waals surface area contributed by atoms with Gasteiger partial charge in [-0.2, -0.15) is 11.8 Å². The second-order valence-corrected chi connectivity index (χ2v) is 5.16. The van der Waals surface area contributed by atoms with Gasteiger partial charge in [0.15, 0.2) is 0 Å². The maximum absolute atomic E-state index is 5.57. The molecule has 13 heavy (non-hydrogen) atoms. The molecule has 2 N–H and O–H groups in total. The highest BCUT2D eigenvalue weighted by Gasteiger charge is 2.09. The van der Waals surface area contributed by atoms with Crippen molar-refractivity contribution in [1.82, 2.24) is 4.90 Å². The van der Waals surface area contributed by atoms with Crippen molar-refractivity contribution in [1.29, 1.82) is 0 Å². The van der Waals surface area contributed by atoms with E-state index in [1.165, 1.54) is 44.0 Å². The molecule has 0 aromatic carbocycles. The lowest BCUT2D eigenvalue weighted by atomic mass is 10.1. The minimum atomic E-state index is 0.708. The number of rotatable bonds is 5. The Hall–Kier alpha value is 0.270. The molecule has 78 valence electrons. The van der Waals surface area contributed by atoms with Crippen LogP contribution in [0.2, 0.25) is 0 Å². The van der Waals surface area contributed by atoms with Gasteiger partial charge in [0.1, 0.15) is 0 Å². The number of nitrogens with two attached hydrogens (primary N) is 1. The molecule has 0 aromatic heterocycles. The fourth-order valence-corrected chi connectivity index (χ4v) is 2.58. The van der Waals surface area contributed by atoms with Crippen LogP contribution >= 0.6 is 11.8 Å². The van der Waals surface area contributed by atoms with Gasteiger partial charge in [0, 0.05) is 24.6 Å². The zero-order valence-corrected chi connectivity index (χ0v) is 9.48. The molecule has 0 radical (unpaired) electrons. The Bertz CT molecular complexity index is 124. The van der Waals surface area contributed by atoms with Gasteiger partial charge in [-0.15, -0.1) is 0 Å². The van der Waals surface area contributed by atoms with E-state index in [2.05, 4.69) is 23.6 Å². The maximum Gasteiger partial charge on any atom is 0.00727 e. The standard InChI is InChI=1S/C10H22N2S/c1-10(9-11)3-2-4-12-5-7-13-8-6-12/h10H,2-9,11H2,1H3. The fourth-order valence-electron chi connectivity index (χ4n) is 1.61. The normalized spacial score (nSPS) is 21.7. The Morgan fingerprint density at radius 3 is 2.69 bits per heavy atom. The second-order valence-electron chi connectivity index (χ2n) is 3.94. The van der Waals surface area contributed by atoms with Gasteiger partial charge in [-0.1, -0.05) is 6.92 Å². The zero-order valence-electron chi connectivity index (χ0n) is 8.67. The molecule has 0 spiro atoms. The largest absolute Gasteiger partial charge is 0.330 e. The van der Waals surface area contributed by atoms with E-state index in [1.807, 2.05) is 0 Å². The zero-order chi connectivity index (χ0) is 9.52. The summed E-state index contributed by atoms with van der Waals surface area (Å²) in [7, 11) is 0. The lowest BCUT2D eigenvalue weighted by Gasteiger charge is -2.26. The Labute approximate surface area is 86.2 Å². The van der Waals surface area contributed by atoms with Crippen molar-refractivity contribution in [2.75, 3.05) is 37.7 Å². The third-order valence-corrected chi connectivity index (χ3v) is 3.62. The van der Waals surface area contributed by atoms with Crippen LogP contribution in [0.5, 0.6) is 0 Å². The molecule has 1 aliphatic rings. The average Bonchev–Trinajstić information content (AvgIpc) is 2.19. The highest BCUT2D eigenvalue weighted by atomic mass is 32.2. The molecular weight excluding hydrogens is 180 g/mol. The molecule has 1 heterocycles. The van der Waals surface area contributed by atoms with E-state index in [9.17, 15) is 0 Å². The van der Waals surface area contributed by atoms with Crippen molar-refractivity contribution >= 4 is 11.8 Å². The summed E-state index contributed by atoms with van der Waals surface area (Å²) >= 11 is 2.08. The van der Waals surface area contributed by atoms with E-state index in [-0.39, 0.29) is 0 Å². The Morgan fingerprint density at radius 2 is 2.08 bits per heavy atom. The van der Waals surface area contributed by atoms with Crippen molar-refractivity contribution in [2.45, 2.75) is 19.8 Å². The van der Waals surface area contributed by atoms with Gasteiger partial charge in [-0.3, -0.25) is 0 Å². The van der Waals surface area contributed by atoms with Crippen LogP contribution in [0.25, 0.3) is 0 Å². The maximum atomic E-state index is 5.57. The van der Waals surface area contributed by atoms with E-state index in [0.29, 0.717) is 5.92 Å². The average molecular weight is 202 g/mol. The van der Waals surface area contributed by atoms with Gasteiger partial charge in [0.05, 0.1) is 0 Å². The molecule has 0 aliphatic carbocycles. The first-order valence-electron chi connectivity index (χ1n) is 5.33. The van der Waals surface area contributed by atoms with Crippen LogP contribution in [0.15, 0.2) is 0 Å². The fraction of sp³-hybridized carbons (Fsp3) is 1.00. The monoisotopic (exact) mass is 202 g/mol. The van der Waals surface area contributed by atoms with Crippen molar-refractivity contribution < 1.29 is 0 Å². The van der Waals surface area contributed by atoms with Crippen molar-refractivity contribution in [2.24, 2.45) is 11.7 Å². The van der Waals surface area contributed by atoms with Gasteiger partial charge >= 0.3 is 0 Å². The molecule has 2 nitrogen and oxygen atoms in total. The van der Waals surface area contributed by atoms with Crippen LogP contribution in [-0.4, -0.2) is 42.6 Å². The molecular formula is C10H22N2S. The molecule has 3 heteroatoms. The molecule has 1 unspecified atom stereocenters. The van der Waals surface area contributed by atoms with Crippen molar-refractivity contribution in [3.8, 4) is 0 Å². The van der Waals surface area contributed by atoms with Crippen LogP contribution in [0.1, 0.15) is 19.8 Å². The van der Waals surface area contributed by atoms with E-state index in [4.69, 9.17) is 5.73 Å². The summed E-state index contributed by atoms with van der Waals surface area (Å²) in [5.41, 5.74) is 5.57. The van der Waals surface area contributed by atoms with Gasteiger partial charge in [-0.25, -0.2) is 0 Å². The van der Waals surface area contributed by atoms with Gasteiger partial charge in [0.25, 0.3) is 0 Å². The molecule has 1 saturated heterocycles. The SMILES string of the molecule is CC(CN)CCCN1CCSCC1. The van der Waals surface area contributed by atoms with Gasteiger partial charge < -0.3 is 10.6 Å². The number of nitrogens with zero attached hydrogens (tertiary/aromatic N) is 1. The Kier molecular flexibility index (Phi) is 5.83. The third-order valence-electron chi connectivity index (χ3n) is 2.68. The first-order valence-corrected chi connectivity index (χ1v) is 6.48.